The number of rotatable bonds is 2. The lowest BCUT2D eigenvalue weighted by molar-refractivity contribution is 1.41. The van der Waals surface area contributed by atoms with Crippen LogP contribution in [-0.4, -0.2) is 9.50 Å². The summed E-state index contributed by atoms with van der Waals surface area (Å²) in [7, 11) is 0. The molecule has 0 aliphatic carbocycles. The quantitative estimate of drug-likeness (QED) is 0.535. The highest BCUT2D eigenvalue weighted by atomic mass is 35.6. The lowest BCUT2D eigenvalue weighted by Gasteiger charge is -2.15. The van der Waals surface area contributed by atoms with Gasteiger partial charge in [-0.05, 0) is 12.1 Å². The number of para-hydroxylation sites is 1. The second-order valence-electron chi connectivity index (χ2n) is 3.66. The SMILES string of the molecule is ClC(Cl)(Cl)C(=Nc1ccccc1)c1ccccc1. The van der Waals surface area contributed by atoms with Crippen molar-refractivity contribution in [1.82, 2.24) is 0 Å². The molecule has 0 fully saturated rings. The predicted molar refractivity (Wildman–Crippen MR) is 79.4 cm³/mol. The van der Waals surface area contributed by atoms with Crippen LogP contribution >= 0.6 is 34.8 Å². The number of nitrogens with zero attached hydrogens (tertiary/aromatic N) is 1. The fourth-order valence-corrected chi connectivity index (χ4v) is 1.97. The van der Waals surface area contributed by atoms with E-state index in [1.54, 1.807) is 0 Å². The van der Waals surface area contributed by atoms with Gasteiger partial charge in [0.1, 0.15) is 0 Å². The summed E-state index contributed by atoms with van der Waals surface area (Å²) in [4.78, 5) is 4.42. The van der Waals surface area contributed by atoms with Crippen LogP contribution in [0.25, 0.3) is 0 Å². The third kappa shape index (κ3) is 3.49. The van der Waals surface area contributed by atoms with Gasteiger partial charge in [-0.2, -0.15) is 0 Å². The van der Waals surface area contributed by atoms with E-state index in [9.17, 15) is 0 Å². The minimum absolute atomic E-state index is 0.416. The summed E-state index contributed by atoms with van der Waals surface area (Å²) in [5.41, 5.74) is 1.96. The Hall–Kier alpha value is -1.02. The zero-order valence-corrected chi connectivity index (χ0v) is 11.6. The normalized spacial score (nSPS) is 12.5. The van der Waals surface area contributed by atoms with Crippen molar-refractivity contribution in [3.8, 4) is 0 Å². The van der Waals surface area contributed by atoms with Gasteiger partial charge < -0.3 is 0 Å². The highest BCUT2D eigenvalue weighted by molar-refractivity contribution is 6.78. The Morgan fingerprint density at radius 3 is 1.78 bits per heavy atom. The van der Waals surface area contributed by atoms with Gasteiger partial charge >= 0.3 is 0 Å². The number of hydrogen-bond acceptors (Lipinski definition) is 1. The summed E-state index contributed by atoms with van der Waals surface area (Å²) < 4.78 is -1.56. The van der Waals surface area contributed by atoms with E-state index in [2.05, 4.69) is 4.99 Å². The lowest BCUT2D eigenvalue weighted by Crippen LogP contribution is -2.20. The molecule has 0 N–H and O–H groups in total. The van der Waals surface area contributed by atoms with Crippen molar-refractivity contribution in [1.29, 1.82) is 0 Å². The largest absolute Gasteiger partial charge is 0.248 e. The molecule has 2 aromatic rings. The molecule has 0 saturated heterocycles. The van der Waals surface area contributed by atoms with E-state index < -0.39 is 3.79 Å². The van der Waals surface area contributed by atoms with E-state index in [4.69, 9.17) is 34.8 Å². The average molecular weight is 299 g/mol. The first-order chi connectivity index (χ1) is 8.57. The molecule has 92 valence electrons. The zero-order chi connectivity index (χ0) is 13.0. The Morgan fingerprint density at radius 2 is 1.28 bits per heavy atom. The maximum absolute atomic E-state index is 5.98. The lowest BCUT2D eigenvalue weighted by atomic mass is 10.1. The van der Waals surface area contributed by atoms with Crippen LogP contribution in [0.3, 0.4) is 0 Å². The van der Waals surface area contributed by atoms with Crippen molar-refractivity contribution >= 4 is 46.2 Å². The monoisotopic (exact) mass is 297 g/mol. The molecule has 0 bridgehead atoms. The summed E-state index contributed by atoms with van der Waals surface area (Å²) in [6.45, 7) is 0. The number of hydrogen-bond donors (Lipinski definition) is 0. The van der Waals surface area contributed by atoms with Gasteiger partial charge in [0.25, 0.3) is 0 Å². The standard InChI is InChI=1S/C14H10Cl3N/c15-14(16,17)13(11-7-3-1-4-8-11)18-12-9-5-2-6-10-12/h1-10H. The number of alkyl halides is 3. The predicted octanol–water partition coefficient (Wildman–Crippen LogP) is 5.18. The molecule has 1 nitrogen and oxygen atoms in total. The molecule has 0 aliphatic heterocycles. The number of benzene rings is 2. The Balaban J connectivity index is 2.48. The van der Waals surface area contributed by atoms with E-state index in [1.165, 1.54) is 0 Å². The Morgan fingerprint density at radius 1 is 0.778 bits per heavy atom. The first-order valence-corrected chi connectivity index (χ1v) is 6.47. The van der Waals surface area contributed by atoms with Crippen molar-refractivity contribution in [2.45, 2.75) is 3.79 Å². The fraction of sp³-hybridized carbons (Fsp3) is 0.0714. The molecule has 0 spiro atoms. The van der Waals surface area contributed by atoms with Gasteiger partial charge in [0.05, 0.1) is 11.4 Å². The van der Waals surface area contributed by atoms with Gasteiger partial charge in [-0.25, -0.2) is 4.99 Å². The van der Waals surface area contributed by atoms with Crippen LogP contribution in [0.2, 0.25) is 0 Å². The van der Waals surface area contributed by atoms with Crippen molar-refractivity contribution in [3.05, 3.63) is 66.2 Å². The van der Waals surface area contributed by atoms with E-state index in [1.807, 2.05) is 60.7 Å². The maximum atomic E-state index is 5.98. The van der Waals surface area contributed by atoms with Crippen LogP contribution in [0.5, 0.6) is 0 Å². The molecule has 0 aliphatic rings. The first-order valence-electron chi connectivity index (χ1n) is 5.34. The van der Waals surface area contributed by atoms with Gasteiger partial charge in [-0.3, -0.25) is 0 Å². The number of halogens is 3. The Labute approximate surface area is 121 Å². The third-order valence-corrected chi connectivity index (χ3v) is 2.85. The third-order valence-electron chi connectivity index (χ3n) is 2.31. The Kier molecular flexibility index (Phi) is 4.28. The van der Waals surface area contributed by atoms with Gasteiger partial charge in [0, 0.05) is 5.56 Å². The first kappa shape index (κ1) is 13.4. The summed E-state index contributed by atoms with van der Waals surface area (Å²) in [5, 5.41) is 0. The molecule has 0 saturated carbocycles. The van der Waals surface area contributed by atoms with Crippen LogP contribution in [0.1, 0.15) is 5.56 Å². The number of aliphatic imine (C=N–C) groups is 1. The molecule has 18 heavy (non-hydrogen) atoms. The van der Waals surface area contributed by atoms with Crippen LogP contribution in [0, 0.1) is 0 Å². The molecule has 0 amide bonds. The zero-order valence-electron chi connectivity index (χ0n) is 9.35. The minimum Gasteiger partial charge on any atom is -0.248 e. The van der Waals surface area contributed by atoms with E-state index in [0.717, 1.165) is 11.3 Å². The molecule has 4 heteroatoms. The summed E-state index contributed by atoms with van der Waals surface area (Å²) in [6, 6.07) is 18.8. The summed E-state index contributed by atoms with van der Waals surface area (Å²) >= 11 is 18.0. The molecule has 2 aromatic carbocycles. The highest BCUT2D eigenvalue weighted by Gasteiger charge is 2.29. The molecule has 0 atom stereocenters. The van der Waals surface area contributed by atoms with Crippen LogP contribution < -0.4 is 0 Å². The van der Waals surface area contributed by atoms with E-state index in [0.29, 0.717) is 5.71 Å². The second kappa shape index (κ2) is 5.75. The van der Waals surface area contributed by atoms with Crippen molar-refractivity contribution < 1.29 is 0 Å². The van der Waals surface area contributed by atoms with Gasteiger partial charge in [0.15, 0.2) is 0 Å². The fourth-order valence-electron chi connectivity index (χ4n) is 1.52. The molecule has 0 heterocycles. The Bertz CT molecular complexity index is 530. The second-order valence-corrected chi connectivity index (χ2v) is 5.94. The molecule has 0 radical (unpaired) electrons. The summed E-state index contributed by atoms with van der Waals surface area (Å²) in [5.74, 6) is 0. The topological polar surface area (TPSA) is 12.4 Å². The molecular formula is C14H10Cl3N. The summed E-state index contributed by atoms with van der Waals surface area (Å²) in [6.07, 6.45) is 0. The van der Waals surface area contributed by atoms with Crippen molar-refractivity contribution in [2.24, 2.45) is 4.99 Å². The maximum Gasteiger partial charge on any atom is 0.233 e. The molecule has 2 rings (SSSR count). The average Bonchev–Trinajstić information content (AvgIpc) is 2.37. The molecule has 0 aromatic heterocycles. The van der Waals surface area contributed by atoms with Crippen LogP contribution in [0.15, 0.2) is 65.7 Å². The van der Waals surface area contributed by atoms with Gasteiger partial charge in [-0.15, -0.1) is 0 Å². The highest BCUT2D eigenvalue weighted by Crippen LogP contribution is 2.33. The van der Waals surface area contributed by atoms with E-state index in [-0.39, 0.29) is 0 Å². The van der Waals surface area contributed by atoms with Crippen LogP contribution in [-0.2, 0) is 0 Å². The van der Waals surface area contributed by atoms with E-state index >= 15 is 0 Å². The molecule has 0 unspecified atom stereocenters. The van der Waals surface area contributed by atoms with Gasteiger partial charge in [-0.1, -0.05) is 83.3 Å². The smallest absolute Gasteiger partial charge is 0.233 e. The minimum atomic E-state index is -1.56. The van der Waals surface area contributed by atoms with Crippen molar-refractivity contribution in [2.75, 3.05) is 0 Å². The van der Waals surface area contributed by atoms with Crippen molar-refractivity contribution in [3.63, 3.8) is 0 Å². The molecular weight excluding hydrogens is 289 g/mol. The van der Waals surface area contributed by atoms with Crippen LogP contribution in [0.4, 0.5) is 5.69 Å². The van der Waals surface area contributed by atoms with Gasteiger partial charge in [0.2, 0.25) is 3.79 Å².